The molecule has 230 valence electrons. The van der Waals surface area contributed by atoms with E-state index in [4.69, 9.17) is 0 Å². The molecule has 0 bridgehead atoms. The average Bonchev–Trinajstić information content (AvgIpc) is 3.35. The molecule has 0 amide bonds. The lowest BCUT2D eigenvalue weighted by Gasteiger charge is -2.44. The zero-order valence-electron chi connectivity index (χ0n) is 21.1. The molecular weight excluding hydrogens is 634 g/mol. The summed E-state index contributed by atoms with van der Waals surface area (Å²) in [5.41, 5.74) is -10.5. The number of halogens is 15. The summed E-state index contributed by atoms with van der Waals surface area (Å²) >= 11 is 0. The van der Waals surface area contributed by atoms with Gasteiger partial charge < -0.3 is 4.98 Å². The molecule has 1 aromatic heterocycles. The highest BCUT2D eigenvalue weighted by Crippen LogP contribution is 2.30. The first-order valence-corrected chi connectivity index (χ1v) is 11.8. The fraction of sp³-hybridized carbons (Fsp3) is 0.0370. The van der Waals surface area contributed by atoms with E-state index in [0.29, 0.717) is 0 Å². The number of rotatable bonds is 4. The van der Waals surface area contributed by atoms with Crippen molar-refractivity contribution in [3.8, 4) is 0 Å². The molecule has 0 aliphatic heterocycles. The third-order valence-electron chi connectivity index (χ3n) is 7.47. The van der Waals surface area contributed by atoms with Crippen molar-refractivity contribution in [1.29, 1.82) is 0 Å². The van der Waals surface area contributed by atoms with E-state index in [1.165, 1.54) is 12.1 Å². The van der Waals surface area contributed by atoms with Crippen molar-refractivity contribution in [2.24, 2.45) is 0 Å². The van der Waals surface area contributed by atoms with Crippen LogP contribution in [0.1, 0.15) is 5.56 Å². The fourth-order valence-electron chi connectivity index (χ4n) is 5.61. The highest BCUT2D eigenvalue weighted by molar-refractivity contribution is 7.20. The first-order chi connectivity index (χ1) is 20.5. The van der Waals surface area contributed by atoms with Crippen molar-refractivity contribution in [2.45, 2.75) is 6.92 Å². The molecule has 4 aromatic carbocycles. The largest absolute Gasteiger partial charge is 0.395 e. The van der Waals surface area contributed by atoms with Crippen LogP contribution in [0.15, 0.2) is 24.3 Å². The van der Waals surface area contributed by atoms with Gasteiger partial charge in [-0.3, -0.25) is 0 Å². The van der Waals surface area contributed by atoms with Crippen molar-refractivity contribution in [2.75, 3.05) is 0 Å². The second kappa shape index (κ2) is 10.3. The maximum atomic E-state index is 15.7. The first-order valence-electron chi connectivity index (χ1n) is 11.8. The smallest absolute Gasteiger partial charge is 0.200 e. The Labute approximate surface area is 234 Å². The highest BCUT2D eigenvalue weighted by atomic mass is 19.2. The number of nitrogens with one attached hydrogen (secondary N) is 1. The Morgan fingerprint density at radius 1 is 0.409 bits per heavy atom. The maximum absolute atomic E-state index is 15.7. The van der Waals surface area contributed by atoms with E-state index in [1.807, 2.05) is 0 Å². The zero-order chi connectivity index (χ0) is 32.7. The van der Waals surface area contributed by atoms with E-state index >= 15 is 26.3 Å². The van der Waals surface area contributed by atoms with Gasteiger partial charge in [-0.1, -0.05) is 23.8 Å². The maximum Gasteiger partial charge on any atom is 0.200 e. The minimum atomic E-state index is -5.85. The third-order valence-corrected chi connectivity index (χ3v) is 7.47. The summed E-state index contributed by atoms with van der Waals surface area (Å²) in [6.45, 7) is 0.842. The molecule has 5 rings (SSSR count). The molecule has 0 saturated heterocycles. The summed E-state index contributed by atoms with van der Waals surface area (Å²) in [5, 5.41) is -0.203. The van der Waals surface area contributed by atoms with Crippen LogP contribution >= 0.6 is 0 Å². The second-order valence-electron chi connectivity index (χ2n) is 9.53. The Hall–Kier alpha value is -4.57. The summed E-state index contributed by atoms with van der Waals surface area (Å²) in [6, 6.07) is 4.63. The first kappa shape index (κ1) is 30.9. The van der Waals surface area contributed by atoms with Crippen LogP contribution in [0.5, 0.6) is 0 Å². The zero-order valence-corrected chi connectivity index (χ0v) is 21.1. The topological polar surface area (TPSA) is 15.8 Å². The van der Waals surface area contributed by atoms with Crippen LogP contribution in [0.4, 0.5) is 65.9 Å². The van der Waals surface area contributed by atoms with E-state index in [9.17, 15) is 39.5 Å². The molecule has 1 heterocycles. The molecule has 0 radical (unpaired) electrons. The van der Waals surface area contributed by atoms with Gasteiger partial charge in [0.1, 0.15) is 41.0 Å². The Morgan fingerprint density at radius 2 is 0.682 bits per heavy atom. The summed E-state index contributed by atoms with van der Waals surface area (Å²) < 4.78 is 225. The van der Waals surface area contributed by atoms with Gasteiger partial charge in [0.2, 0.25) is 0 Å². The van der Waals surface area contributed by atoms with Crippen LogP contribution in [-0.4, -0.2) is 11.1 Å². The van der Waals surface area contributed by atoms with Crippen LogP contribution in [0.3, 0.4) is 0 Å². The summed E-state index contributed by atoms with van der Waals surface area (Å²) in [6.07, 6.45) is -5.85. The molecule has 1 N–H and O–H groups in total. The summed E-state index contributed by atoms with van der Waals surface area (Å²) in [5.74, 6) is -45.6. The van der Waals surface area contributed by atoms with Gasteiger partial charge in [0.25, 0.3) is 0 Å². The van der Waals surface area contributed by atoms with Crippen molar-refractivity contribution < 1.29 is 65.9 Å². The second-order valence-corrected chi connectivity index (χ2v) is 9.53. The Kier molecular flexibility index (Phi) is 7.20. The predicted molar refractivity (Wildman–Crippen MR) is 126 cm³/mol. The average molecular weight is 642 g/mol. The van der Waals surface area contributed by atoms with Crippen LogP contribution in [0, 0.1) is 94.2 Å². The molecule has 1 nitrogen and oxygen atoms in total. The number of aromatic nitrogens is 1. The van der Waals surface area contributed by atoms with Gasteiger partial charge in [-0.15, -0.1) is 22.0 Å². The fourth-order valence-corrected chi connectivity index (χ4v) is 5.61. The molecule has 0 unspecified atom stereocenters. The number of hydrogen-bond acceptors (Lipinski definition) is 0. The quantitative estimate of drug-likeness (QED) is 0.108. The van der Waals surface area contributed by atoms with E-state index < -0.39 is 121 Å². The van der Waals surface area contributed by atoms with Gasteiger partial charge in [-0.05, 0) is 18.4 Å². The number of H-pyrrole nitrogens is 1. The molecular formula is C27H8BF15N-. The molecule has 0 saturated carbocycles. The van der Waals surface area contributed by atoms with Crippen LogP contribution < -0.4 is 22.0 Å². The predicted octanol–water partition coefficient (Wildman–Crippen LogP) is 5.94. The van der Waals surface area contributed by atoms with E-state index in [0.717, 1.165) is 19.1 Å². The van der Waals surface area contributed by atoms with E-state index in [1.54, 1.807) is 0 Å². The van der Waals surface area contributed by atoms with Gasteiger partial charge in [0, 0.05) is 5.52 Å². The minimum Gasteiger partial charge on any atom is -0.395 e. The van der Waals surface area contributed by atoms with Gasteiger partial charge in [-0.2, -0.15) is 0 Å². The van der Waals surface area contributed by atoms with Gasteiger partial charge in [0.05, 0.1) is 0 Å². The summed E-state index contributed by atoms with van der Waals surface area (Å²) in [4.78, 5) is 2.14. The normalized spacial score (nSPS) is 12.1. The molecule has 0 aliphatic carbocycles. The highest BCUT2D eigenvalue weighted by Gasteiger charge is 2.50. The molecule has 5 aromatic rings. The number of benzene rings is 4. The minimum absolute atomic E-state index is 0.203. The van der Waals surface area contributed by atoms with Crippen molar-refractivity contribution in [3.05, 3.63) is 117 Å². The number of aryl methyl sites for hydroxylation is 1. The van der Waals surface area contributed by atoms with Gasteiger partial charge in [-0.25, -0.2) is 65.9 Å². The molecule has 0 fully saturated rings. The molecule has 0 spiro atoms. The molecule has 17 heteroatoms. The Bertz CT molecular complexity index is 1800. The van der Waals surface area contributed by atoms with Crippen LogP contribution in [-0.2, 0) is 0 Å². The van der Waals surface area contributed by atoms with E-state index in [2.05, 4.69) is 4.98 Å². The Morgan fingerprint density at radius 3 is 0.977 bits per heavy atom. The van der Waals surface area contributed by atoms with Gasteiger partial charge in [0.15, 0.2) is 52.4 Å². The summed E-state index contributed by atoms with van der Waals surface area (Å²) in [7, 11) is 0. The van der Waals surface area contributed by atoms with Crippen molar-refractivity contribution >= 4 is 39.0 Å². The van der Waals surface area contributed by atoms with Crippen LogP contribution in [0.2, 0.25) is 0 Å². The van der Waals surface area contributed by atoms with Crippen molar-refractivity contribution in [3.63, 3.8) is 0 Å². The molecule has 0 aliphatic rings. The lowest BCUT2D eigenvalue weighted by Crippen LogP contribution is -2.80. The molecule has 0 atom stereocenters. The number of fused-ring (bicyclic) bond motifs is 1. The van der Waals surface area contributed by atoms with Gasteiger partial charge >= 0.3 is 0 Å². The number of aromatic amines is 1. The molecule has 44 heavy (non-hydrogen) atoms. The van der Waals surface area contributed by atoms with Crippen molar-refractivity contribution in [1.82, 2.24) is 4.98 Å². The lowest BCUT2D eigenvalue weighted by atomic mass is 9.13. The standard InChI is InChI=1S/C27H8BF15N/c1-6-7-4-2-3-5-8(7)44-27(6)28(9-12(29)18(35)24(41)19(36)13(9)30,10-14(31)20(37)25(42)21(38)15(10)32)11-16(33)22(39)26(43)23(40)17(11)34/h2-5,44H,1H3/q-1. The SMILES string of the molecule is Cc1c([B-](c2c(F)c(F)c(F)c(F)c2F)(c2c(F)c(F)c(F)c(F)c2F)c2c(F)c(F)c(F)c(F)c2F)[nH]c2ccccc12. The number of hydrogen-bond donors (Lipinski definition) is 1. The third kappa shape index (κ3) is 3.79. The van der Waals surface area contributed by atoms with E-state index in [-0.39, 0.29) is 10.9 Å². The Balaban J connectivity index is 2.30. The number of para-hydroxylation sites is 1. The van der Waals surface area contributed by atoms with Crippen LogP contribution in [0.25, 0.3) is 10.9 Å². The monoisotopic (exact) mass is 642 g/mol. The lowest BCUT2D eigenvalue weighted by molar-refractivity contribution is 0.380.